The lowest BCUT2D eigenvalue weighted by Gasteiger charge is -2.02. The smallest absolute Gasteiger partial charge is 0.144 e. The van der Waals surface area contributed by atoms with E-state index in [4.69, 9.17) is 11.6 Å². The van der Waals surface area contributed by atoms with E-state index in [1.165, 1.54) is 0 Å². The van der Waals surface area contributed by atoms with E-state index >= 15 is 0 Å². The van der Waals surface area contributed by atoms with Gasteiger partial charge in [-0.1, -0.05) is 24.6 Å². The molecule has 0 nitrogen and oxygen atoms in total. The molecule has 0 radical (unpaired) electrons. The van der Waals surface area contributed by atoms with E-state index in [0.717, 1.165) is 12.0 Å². The molecule has 0 fully saturated rings. The Hall–Kier alpha value is -0.560. The summed E-state index contributed by atoms with van der Waals surface area (Å²) in [4.78, 5) is 0. The van der Waals surface area contributed by atoms with E-state index < -0.39 is 0 Å². The van der Waals surface area contributed by atoms with E-state index in [9.17, 15) is 4.39 Å². The molecule has 0 aliphatic rings. The van der Waals surface area contributed by atoms with Crippen LogP contribution in [-0.2, 0) is 6.42 Å². The highest BCUT2D eigenvalue weighted by atomic mass is 35.5. The Morgan fingerprint density at radius 2 is 2.09 bits per heavy atom. The van der Waals surface area contributed by atoms with Gasteiger partial charge in [0.15, 0.2) is 0 Å². The van der Waals surface area contributed by atoms with Crippen molar-refractivity contribution in [3.63, 3.8) is 0 Å². The zero-order valence-electron chi connectivity index (χ0n) is 6.62. The van der Waals surface area contributed by atoms with Crippen LogP contribution < -0.4 is 0 Å². The maximum atomic E-state index is 12.9. The standard InChI is InChI=1S/C9H10ClF/c1-3-7-4-6(2)9(11)8(10)5-7/h4-5H,3H2,1-2H3. The first-order valence-corrected chi connectivity index (χ1v) is 3.97. The summed E-state index contributed by atoms with van der Waals surface area (Å²) in [5.41, 5.74) is 1.70. The van der Waals surface area contributed by atoms with Crippen molar-refractivity contribution in [2.75, 3.05) is 0 Å². The van der Waals surface area contributed by atoms with Gasteiger partial charge in [-0.2, -0.15) is 0 Å². The molecule has 1 aromatic carbocycles. The number of hydrogen-bond acceptors (Lipinski definition) is 0. The van der Waals surface area contributed by atoms with Gasteiger partial charge >= 0.3 is 0 Å². The molecular weight excluding hydrogens is 163 g/mol. The molecule has 0 saturated heterocycles. The van der Waals surface area contributed by atoms with Gasteiger partial charge in [0.25, 0.3) is 0 Å². The highest BCUT2D eigenvalue weighted by Gasteiger charge is 2.03. The Morgan fingerprint density at radius 1 is 1.45 bits per heavy atom. The Morgan fingerprint density at radius 3 is 2.55 bits per heavy atom. The van der Waals surface area contributed by atoms with Crippen LogP contribution in [0.1, 0.15) is 18.1 Å². The minimum Gasteiger partial charge on any atom is -0.205 e. The molecule has 0 amide bonds. The third kappa shape index (κ3) is 1.72. The average Bonchev–Trinajstić information content (AvgIpc) is 1.99. The van der Waals surface area contributed by atoms with Crippen molar-refractivity contribution in [2.45, 2.75) is 20.3 Å². The van der Waals surface area contributed by atoms with Crippen molar-refractivity contribution in [2.24, 2.45) is 0 Å². The lowest BCUT2D eigenvalue weighted by Crippen LogP contribution is -1.88. The third-order valence-corrected chi connectivity index (χ3v) is 1.95. The van der Waals surface area contributed by atoms with Crippen LogP contribution in [0.5, 0.6) is 0 Å². The molecule has 60 valence electrons. The first kappa shape index (κ1) is 8.54. The summed E-state index contributed by atoms with van der Waals surface area (Å²) in [6.45, 7) is 3.74. The van der Waals surface area contributed by atoms with Crippen molar-refractivity contribution in [3.05, 3.63) is 34.1 Å². The van der Waals surface area contributed by atoms with Crippen LogP contribution in [0, 0.1) is 12.7 Å². The fourth-order valence-corrected chi connectivity index (χ4v) is 1.29. The number of benzene rings is 1. The second-order valence-corrected chi connectivity index (χ2v) is 2.97. The largest absolute Gasteiger partial charge is 0.205 e. The van der Waals surface area contributed by atoms with Crippen LogP contribution in [0.25, 0.3) is 0 Å². The molecule has 0 bridgehead atoms. The number of halogens is 2. The Balaban J connectivity index is 3.21. The first-order valence-electron chi connectivity index (χ1n) is 3.59. The molecule has 0 aliphatic carbocycles. The van der Waals surface area contributed by atoms with Gasteiger partial charge in [-0.3, -0.25) is 0 Å². The Kier molecular flexibility index (Phi) is 2.50. The number of hydrogen-bond donors (Lipinski definition) is 0. The molecule has 0 atom stereocenters. The molecule has 0 saturated carbocycles. The average molecular weight is 173 g/mol. The van der Waals surface area contributed by atoms with Gasteiger partial charge < -0.3 is 0 Å². The monoisotopic (exact) mass is 172 g/mol. The summed E-state index contributed by atoms with van der Waals surface area (Å²) >= 11 is 5.62. The minimum atomic E-state index is -0.302. The Bertz CT molecular complexity index is 245. The Labute approximate surface area is 71.0 Å². The summed E-state index contributed by atoms with van der Waals surface area (Å²) in [5.74, 6) is -0.302. The molecule has 2 heteroatoms. The minimum absolute atomic E-state index is 0.224. The lowest BCUT2D eigenvalue weighted by atomic mass is 10.1. The molecule has 1 aromatic rings. The zero-order valence-corrected chi connectivity index (χ0v) is 7.37. The summed E-state index contributed by atoms with van der Waals surface area (Å²) in [5, 5.41) is 0.224. The van der Waals surface area contributed by atoms with Gasteiger partial charge in [0.05, 0.1) is 5.02 Å². The van der Waals surface area contributed by atoms with Crippen LogP contribution in [-0.4, -0.2) is 0 Å². The van der Waals surface area contributed by atoms with Crippen molar-refractivity contribution in [1.29, 1.82) is 0 Å². The second kappa shape index (κ2) is 3.22. The molecule has 1 rings (SSSR count). The summed E-state index contributed by atoms with van der Waals surface area (Å²) in [6.07, 6.45) is 0.890. The number of aryl methyl sites for hydroxylation is 2. The van der Waals surface area contributed by atoms with Gasteiger partial charge in [0.2, 0.25) is 0 Å². The number of rotatable bonds is 1. The van der Waals surface area contributed by atoms with Crippen molar-refractivity contribution in [3.8, 4) is 0 Å². The van der Waals surface area contributed by atoms with E-state index in [2.05, 4.69) is 0 Å². The molecule has 0 N–H and O–H groups in total. The summed E-state index contributed by atoms with van der Waals surface area (Å²) < 4.78 is 12.9. The second-order valence-electron chi connectivity index (χ2n) is 2.56. The molecule has 0 aliphatic heterocycles. The van der Waals surface area contributed by atoms with Gasteiger partial charge in [0.1, 0.15) is 5.82 Å². The van der Waals surface area contributed by atoms with Crippen molar-refractivity contribution < 1.29 is 4.39 Å². The van der Waals surface area contributed by atoms with Gasteiger partial charge in [-0.05, 0) is 30.5 Å². The van der Waals surface area contributed by atoms with Crippen molar-refractivity contribution >= 4 is 11.6 Å². The van der Waals surface area contributed by atoms with Crippen LogP contribution in [0.4, 0.5) is 4.39 Å². The van der Waals surface area contributed by atoms with E-state index in [0.29, 0.717) is 5.56 Å². The molecule has 0 spiro atoms. The topological polar surface area (TPSA) is 0 Å². The zero-order chi connectivity index (χ0) is 8.43. The van der Waals surface area contributed by atoms with Crippen LogP contribution in [0.15, 0.2) is 12.1 Å². The highest BCUT2D eigenvalue weighted by Crippen LogP contribution is 2.20. The maximum Gasteiger partial charge on any atom is 0.144 e. The molecule has 0 heterocycles. The molecule has 0 unspecified atom stereocenters. The molecular formula is C9H10ClF. The summed E-state index contributed by atoms with van der Waals surface area (Å²) in [6, 6.07) is 3.49. The normalized spacial score (nSPS) is 10.2. The SMILES string of the molecule is CCc1cc(C)c(F)c(Cl)c1. The predicted molar refractivity (Wildman–Crippen MR) is 45.5 cm³/mol. The maximum absolute atomic E-state index is 12.9. The van der Waals surface area contributed by atoms with Crippen LogP contribution in [0.3, 0.4) is 0 Å². The van der Waals surface area contributed by atoms with Gasteiger partial charge in [0, 0.05) is 0 Å². The third-order valence-electron chi connectivity index (χ3n) is 1.68. The van der Waals surface area contributed by atoms with E-state index in [1.807, 2.05) is 13.0 Å². The summed E-state index contributed by atoms with van der Waals surface area (Å²) in [7, 11) is 0. The molecule has 0 aromatic heterocycles. The quantitative estimate of drug-likeness (QED) is 0.610. The van der Waals surface area contributed by atoms with E-state index in [1.54, 1.807) is 13.0 Å². The van der Waals surface area contributed by atoms with Crippen LogP contribution >= 0.6 is 11.6 Å². The first-order chi connectivity index (χ1) is 5.15. The molecule has 11 heavy (non-hydrogen) atoms. The van der Waals surface area contributed by atoms with E-state index in [-0.39, 0.29) is 10.8 Å². The van der Waals surface area contributed by atoms with Gasteiger partial charge in [-0.25, -0.2) is 4.39 Å². The van der Waals surface area contributed by atoms with Crippen molar-refractivity contribution in [1.82, 2.24) is 0 Å². The fourth-order valence-electron chi connectivity index (χ4n) is 1.00. The highest BCUT2D eigenvalue weighted by molar-refractivity contribution is 6.30. The van der Waals surface area contributed by atoms with Gasteiger partial charge in [-0.15, -0.1) is 0 Å². The lowest BCUT2D eigenvalue weighted by molar-refractivity contribution is 0.618. The predicted octanol–water partition coefficient (Wildman–Crippen LogP) is 3.35. The van der Waals surface area contributed by atoms with Crippen LogP contribution in [0.2, 0.25) is 5.02 Å². The fraction of sp³-hybridized carbons (Fsp3) is 0.333.